The highest BCUT2D eigenvalue weighted by molar-refractivity contribution is 5.85. The van der Waals surface area contributed by atoms with Gasteiger partial charge in [-0.2, -0.15) is 5.10 Å². The number of rotatable bonds is 15. The van der Waals surface area contributed by atoms with Crippen LogP contribution in [-0.4, -0.2) is 75.7 Å². The maximum atomic E-state index is 14.2. The van der Waals surface area contributed by atoms with Crippen molar-refractivity contribution in [3.63, 3.8) is 0 Å². The molecule has 1 saturated carbocycles. The highest BCUT2D eigenvalue weighted by Gasteiger charge is 2.38. The van der Waals surface area contributed by atoms with Crippen LogP contribution in [0.15, 0.2) is 54.9 Å². The van der Waals surface area contributed by atoms with Gasteiger partial charge in [0, 0.05) is 67.8 Å². The molecule has 1 aliphatic heterocycles. The summed E-state index contributed by atoms with van der Waals surface area (Å²) in [4.78, 5) is 33.9. The van der Waals surface area contributed by atoms with E-state index in [-0.39, 0.29) is 29.9 Å². The predicted octanol–water partition coefficient (Wildman–Crippen LogP) is 7.08. The van der Waals surface area contributed by atoms with E-state index in [0.717, 1.165) is 86.3 Å². The van der Waals surface area contributed by atoms with Gasteiger partial charge in [0.2, 0.25) is 5.91 Å². The molecule has 9 nitrogen and oxygen atoms in total. The Morgan fingerprint density at radius 1 is 1.04 bits per heavy atom. The van der Waals surface area contributed by atoms with Crippen LogP contribution in [0.1, 0.15) is 85.6 Å². The van der Waals surface area contributed by atoms with Gasteiger partial charge in [0.15, 0.2) is 5.60 Å². The van der Waals surface area contributed by atoms with Crippen molar-refractivity contribution in [2.24, 2.45) is 5.92 Å². The number of nitrogens with one attached hydrogen (secondary N) is 1. The molecule has 0 unspecified atom stereocenters. The van der Waals surface area contributed by atoms with E-state index in [1.165, 1.54) is 0 Å². The van der Waals surface area contributed by atoms with Gasteiger partial charge < -0.3 is 24.2 Å². The number of aromatic nitrogens is 2. The van der Waals surface area contributed by atoms with Gasteiger partial charge in [0.05, 0.1) is 18.2 Å². The smallest absolute Gasteiger partial charge is 0.266 e. The maximum absolute atomic E-state index is 14.2. The number of H-pyrrole nitrogens is 1. The number of hydrogen-bond donors (Lipinski definition) is 1. The quantitative estimate of drug-likeness (QED) is 0.190. The van der Waals surface area contributed by atoms with Crippen LogP contribution >= 0.6 is 0 Å². The number of nitrogens with zero attached hydrogens (tertiary/aromatic N) is 4. The molecule has 3 aromatic rings. The molecule has 2 fully saturated rings. The van der Waals surface area contributed by atoms with E-state index in [1.54, 1.807) is 6.20 Å². The van der Waals surface area contributed by atoms with Gasteiger partial charge in [-0.1, -0.05) is 32.0 Å². The number of anilines is 1. The van der Waals surface area contributed by atoms with Crippen molar-refractivity contribution in [1.82, 2.24) is 20.0 Å². The van der Waals surface area contributed by atoms with Crippen molar-refractivity contribution in [2.45, 2.75) is 104 Å². The van der Waals surface area contributed by atoms with Gasteiger partial charge in [-0.15, -0.1) is 0 Å². The zero-order chi connectivity index (χ0) is 33.6. The summed E-state index contributed by atoms with van der Waals surface area (Å²) < 4.78 is 12.6. The summed E-state index contributed by atoms with van der Waals surface area (Å²) in [6.45, 7) is 15.5. The first-order chi connectivity index (χ1) is 22.6. The fraction of sp³-hybridized carbons (Fsp3) is 0.553. The zero-order valence-corrected chi connectivity index (χ0v) is 29.1. The van der Waals surface area contributed by atoms with Gasteiger partial charge in [-0.25, -0.2) is 0 Å². The Morgan fingerprint density at radius 2 is 1.81 bits per heavy atom. The van der Waals surface area contributed by atoms with E-state index < -0.39 is 5.60 Å². The first-order valence-electron chi connectivity index (χ1n) is 17.5. The van der Waals surface area contributed by atoms with Gasteiger partial charge in [-0.05, 0) is 90.0 Å². The topological polar surface area (TPSA) is 91.0 Å². The van der Waals surface area contributed by atoms with Crippen LogP contribution in [0.2, 0.25) is 0 Å². The molecular weight excluding hydrogens is 590 g/mol. The Hall–Kier alpha value is -4.01. The molecule has 2 aromatic carbocycles. The maximum Gasteiger partial charge on any atom is 0.266 e. The highest BCUT2D eigenvalue weighted by Crippen LogP contribution is 2.36. The molecule has 1 N–H and O–H groups in total. The Morgan fingerprint density at radius 3 is 2.47 bits per heavy atom. The van der Waals surface area contributed by atoms with Crippen molar-refractivity contribution >= 4 is 17.5 Å². The summed E-state index contributed by atoms with van der Waals surface area (Å²) in [7, 11) is 0. The predicted molar refractivity (Wildman–Crippen MR) is 187 cm³/mol. The molecular formula is C38H53N5O4. The SMILES string of the molecule is CCCN(CCC)C(=O)C(C)(C)Oc1cccc(N2CCC[C@@H](C(=O)N(Cc3ccc(-c4cn[nH]c4)cc3OC(C)C)C3CC3)C2)c1. The largest absolute Gasteiger partial charge is 0.491 e. The number of piperidine rings is 1. The van der Waals surface area contributed by atoms with Crippen LogP contribution in [0.25, 0.3) is 11.1 Å². The number of hydrogen-bond acceptors (Lipinski definition) is 6. The molecule has 2 aliphatic rings. The molecule has 254 valence electrons. The lowest BCUT2D eigenvalue weighted by Gasteiger charge is -2.37. The van der Waals surface area contributed by atoms with E-state index in [1.807, 2.05) is 57.0 Å². The van der Waals surface area contributed by atoms with Crippen LogP contribution in [0.3, 0.4) is 0 Å². The van der Waals surface area contributed by atoms with E-state index in [9.17, 15) is 9.59 Å². The zero-order valence-electron chi connectivity index (χ0n) is 29.1. The average Bonchev–Trinajstić information content (AvgIpc) is 3.75. The minimum atomic E-state index is -0.983. The van der Waals surface area contributed by atoms with E-state index in [0.29, 0.717) is 18.8 Å². The van der Waals surface area contributed by atoms with Crippen LogP contribution in [0.5, 0.6) is 11.5 Å². The molecule has 9 heteroatoms. The van der Waals surface area contributed by atoms with Crippen LogP contribution in [0.4, 0.5) is 5.69 Å². The normalized spacial score (nSPS) is 16.7. The first-order valence-corrected chi connectivity index (χ1v) is 17.5. The molecule has 0 spiro atoms. The van der Waals surface area contributed by atoms with E-state index >= 15 is 0 Å². The highest BCUT2D eigenvalue weighted by atomic mass is 16.5. The third-order valence-electron chi connectivity index (χ3n) is 8.99. The lowest BCUT2D eigenvalue weighted by Crippen LogP contribution is -2.49. The number of benzene rings is 2. The Labute approximate surface area is 280 Å². The third kappa shape index (κ3) is 8.67. The van der Waals surface area contributed by atoms with Crippen molar-refractivity contribution in [2.75, 3.05) is 31.1 Å². The number of aromatic amines is 1. The number of carbonyl (C=O) groups excluding carboxylic acids is 2. The van der Waals surface area contributed by atoms with Gasteiger partial charge >= 0.3 is 0 Å². The summed E-state index contributed by atoms with van der Waals surface area (Å²) in [6, 6.07) is 14.5. The van der Waals surface area contributed by atoms with Crippen LogP contribution in [0, 0.1) is 5.92 Å². The molecule has 5 rings (SSSR count). The summed E-state index contributed by atoms with van der Waals surface area (Å²) in [6.07, 6.45) is 9.41. The molecule has 47 heavy (non-hydrogen) atoms. The first kappa shape index (κ1) is 34.3. The Kier molecular flexibility index (Phi) is 11.1. The summed E-state index contributed by atoms with van der Waals surface area (Å²) >= 11 is 0. The second kappa shape index (κ2) is 15.3. The van der Waals surface area contributed by atoms with Gasteiger partial charge in [-0.3, -0.25) is 14.7 Å². The van der Waals surface area contributed by atoms with Gasteiger partial charge in [0.25, 0.3) is 5.91 Å². The molecule has 0 radical (unpaired) electrons. The Balaban J connectivity index is 1.29. The molecule has 1 atom stereocenters. The second-order valence-corrected chi connectivity index (χ2v) is 13.9. The van der Waals surface area contributed by atoms with Crippen molar-refractivity contribution in [3.8, 4) is 22.6 Å². The minimum Gasteiger partial charge on any atom is -0.491 e. The van der Waals surface area contributed by atoms with E-state index in [4.69, 9.17) is 9.47 Å². The van der Waals surface area contributed by atoms with Crippen LogP contribution < -0.4 is 14.4 Å². The van der Waals surface area contributed by atoms with Crippen LogP contribution in [-0.2, 0) is 16.1 Å². The van der Waals surface area contributed by atoms with Gasteiger partial charge in [0.1, 0.15) is 11.5 Å². The summed E-state index contributed by atoms with van der Waals surface area (Å²) in [5, 5.41) is 6.98. The Bertz CT molecular complexity index is 1480. The monoisotopic (exact) mass is 643 g/mol. The number of ether oxygens (including phenoxy) is 2. The van der Waals surface area contributed by atoms with E-state index in [2.05, 4.69) is 58.1 Å². The van der Waals surface area contributed by atoms with Crippen molar-refractivity contribution in [1.29, 1.82) is 0 Å². The average molecular weight is 644 g/mol. The minimum absolute atomic E-state index is 0.00785. The molecule has 1 saturated heterocycles. The molecule has 1 aromatic heterocycles. The number of carbonyl (C=O) groups is 2. The number of amides is 2. The van der Waals surface area contributed by atoms with Crippen molar-refractivity contribution in [3.05, 3.63) is 60.4 Å². The third-order valence-corrected chi connectivity index (χ3v) is 8.99. The molecule has 1 aliphatic carbocycles. The fourth-order valence-corrected chi connectivity index (χ4v) is 6.56. The summed E-state index contributed by atoms with van der Waals surface area (Å²) in [5.74, 6) is 1.61. The summed E-state index contributed by atoms with van der Waals surface area (Å²) in [5.41, 5.74) is 3.09. The fourth-order valence-electron chi connectivity index (χ4n) is 6.56. The second-order valence-electron chi connectivity index (χ2n) is 13.9. The lowest BCUT2D eigenvalue weighted by atomic mass is 9.95. The molecule has 2 heterocycles. The standard InChI is InChI=1S/C38H53N5O4/c1-7-18-41(19-8-2)37(45)38(5,6)47-34-13-9-12-33(22-34)42-20-10-11-30(25-42)36(44)43(32-16-17-32)26-29-15-14-28(31-23-39-40-24-31)21-35(29)46-27(3)4/h9,12-15,21-24,27,30,32H,7-8,10-11,16-20,25-26H2,1-6H3,(H,39,40)/t30-/m1/s1. The molecule has 2 amide bonds. The van der Waals surface area contributed by atoms with Crippen molar-refractivity contribution < 1.29 is 19.1 Å². The lowest BCUT2D eigenvalue weighted by molar-refractivity contribution is -0.145. The molecule has 0 bridgehead atoms.